The molecule has 0 fully saturated rings. The SMILES string of the molecule is CN=C(NN)NC(=O)c1csc(Cc2cc(O)ccc2C)n1. The van der Waals surface area contributed by atoms with Crippen LogP contribution in [0.5, 0.6) is 5.75 Å². The van der Waals surface area contributed by atoms with Crippen LogP contribution in [-0.4, -0.2) is 29.0 Å². The number of benzene rings is 1. The van der Waals surface area contributed by atoms with Gasteiger partial charge in [0.05, 0.1) is 5.01 Å². The smallest absolute Gasteiger partial charge is 0.277 e. The minimum Gasteiger partial charge on any atom is -0.508 e. The van der Waals surface area contributed by atoms with Gasteiger partial charge in [-0.3, -0.25) is 20.5 Å². The molecule has 7 nitrogen and oxygen atoms in total. The third-order valence-corrected chi connectivity index (χ3v) is 3.90. The number of phenolic OH excluding ortho intramolecular Hbond substituents is 1. The number of carbonyl (C=O) groups is 1. The number of hydrazine groups is 1. The number of rotatable bonds is 3. The summed E-state index contributed by atoms with van der Waals surface area (Å²) in [6, 6.07) is 5.20. The van der Waals surface area contributed by atoms with Gasteiger partial charge in [-0.15, -0.1) is 11.3 Å². The van der Waals surface area contributed by atoms with Crippen molar-refractivity contribution in [2.75, 3.05) is 7.05 Å². The van der Waals surface area contributed by atoms with E-state index in [0.29, 0.717) is 12.1 Å². The first-order chi connectivity index (χ1) is 10.5. The summed E-state index contributed by atoms with van der Waals surface area (Å²) in [5, 5.41) is 14.5. The Bertz CT molecular complexity index is 711. The molecule has 0 atom stereocenters. The molecule has 0 aliphatic rings. The second-order valence-corrected chi connectivity index (χ2v) is 5.53. The number of aromatic hydroxyl groups is 1. The molecule has 1 aromatic heterocycles. The Balaban J connectivity index is 2.11. The van der Waals surface area contributed by atoms with Gasteiger partial charge in [0.1, 0.15) is 11.4 Å². The van der Waals surface area contributed by atoms with Crippen LogP contribution in [0.3, 0.4) is 0 Å². The van der Waals surface area contributed by atoms with E-state index in [1.807, 2.05) is 13.0 Å². The van der Waals surface area contributed by atoms with Crippen molar-refractivity contribution in [1.82, 2.24) is 15.7 Å². The van der Waals surface area contributed by atoms with Crippen LogP contribution in [0.2, 0.25) is 0 Å². The highest BCUT2D eigenvalue weighted by atomic mass is 32.1. The van der Waals surface area contributed by atoms with Gasteiger partial charge in [0, 0.05) is 18.8 Å². The number of guanidine groups is 1. The Morgan fingerprint density at radius 2 is 2.27 bits per heavy atom. The van der Waals surface area contributed by atoms with E-state index in [9.17, 15) is 9.90 Å². The second-order valence-electron chi connectivity index (χ2n) is 4.58. The number of carbonyl (C=O) groups excluding carboxylic acids is 1. The molecule has 5 N–H and O–H groups in total. The third-order valence-electron chi connectivity index (χ3n) is 3.05. The van der Waals surface area contributed by atoms with Gasteiger partial charge in [-0.25, -0.2) is 10.8 Å². The normalized spacial score (nSPS) is 11.3. The van der Waals surface area contributed by atoms with Crippen LogP contribution in [0.15, 0.2) is 28.6 Å². The van der Waals surface area contributed by atoms with Crippen molar-refractivity contribution in [3.8, 4) is 5.75 Å². The van der Waals surface area contributed by atoms with Crippen molar-refractivity contribution in [2.24, 2.45) is 10.8 Å². The highest BCUT2D eigenvalue weighted by Crippen LogP contribution is 2.21. The molecule has 0 saturated heterocycles. The van der Waals surface area contributed by atoms with Crippen molar-refractivity contribution in [1.29, 1.82) is 0 Å². The molecule has 0 bridgehead atoms. The minimum atomic E-state index is -0.381. The Labute approximate surface area is 131 Å². The molecule has 8 heteroatoms. The number of nitrogens with two attached hydrogens (primary N) is 1. The van der Waals surface area contributed by atoms with Crippen LogP contribution in [0.25, 0.3) is 0 Å². The quantitative estimate of drug-likeness (QED) is 0.291. The van der Waals surface area contributed by atoms with Gasteiger partial charge in [-0.2, -0.15) is 0 Å². The van der Waals surface area contributed by atoms with Gasteiger partial charge in [0.25, 0.3) is 5.91 Å². The topological polar surface area (TPSA) is 113 Å². The molecule has 1 amide bonds. The molecule has 0 aliphatic carbocycles. The molecular weight excluding hydrogens is 302 g/mol. The molecular formula is C14H17N5O2S. The molecule has 0 radical (unpaired) electrons. The van der Waals surface area contributed by atoms with Crippen LogP contribution < -0.4 is 16.6 Å². The fraction of sp³-hybridized carbons (Fsp3) is 0.214. The maximum atomic E-state index is 12.0. The zero-order chi connectivity index (χ0) is 16.1. The molecule has 2 aromatic rings. The van der Waals surface area contributed by atoms with Gasteiger partial charge < -0.3 is 5.11 Å². The van der Waals surface area contributed by atoms with Gasteiger partial charge in [-0.1, -0.05) is 6.07 Å². The highest BCUT2D eigenvalue weighted by Gasteiger charge is 2.13. The summed E-state index contributed by atoms with van der Waals surface area (Å²) < 4.78 is 0. The average molecular weight is 319 g/mol. The van der Waals surface area contributed by atoms with E-state index in [-0.39, 0.29) is 17.6 Å². The van der Waals surface area contributed by atoms with Gasteiger partial charge >= 0.3 is 0 Å². The van der Waals surface area contributed by atoms with E-state index in [0.717, 1.165) is 16.1 Å². The average Bonchev–Trinajstić information content (AvgIpc) is 2.97. The summed E-state index contributed by atoms with van der Waals surface area (Å²) in [5.74, 6) is 5.22. The molecule has 0 saturated carbocycles. The van der Waals surface area contributed by atoms with Crippen LogP contribution >= 0.6 is 11.3 Å². The summed E-state index contributed by atoms with van der Waals surface area (Å²) in [6.45, 7) is 1.97. The number of nitrogens with one attached hydrogen (secondary N) is 2. The van der Waals surface area contributed by atoms with E-state index < -0.39 is 0 Å². The monoisotopic (exact) mass is 319 g/mol. The van der Waals surface area contributed by atoms with Gasteiger partial charge in [0.15, 0.2) is 0 Å². The standard InChI is InChI=1S/C14H17N5O2S/c1-8-3-4-10(20)5-9(8)6-12-17-11(7-22-12)13(21)18-14(16-2)19-15/h3-5,7,20H,6,15H2,1-2H3,(H2,16,18,19,21). The van der Waals surface area contributed by atoms with Crippen molar-refractivity contribution < 1.29 is 9.90 Å². The Morgan fingerprint density at radius 1 is 1.50 bits per heavy atom. The fourth-order valence-corrected chi connectivity index (χ4v) is 2.63. The predicted octanol–water partition coefficient (Wildman–Crippen LogP) is 0.927. The number of aromatic nitrogens is 1. The second kappa shape index (κ2) is 7.01. The maximum Gasteiger partial charge on any atom is 0.277 e. The third kappa shape index (κ3) is 3.80. The number of thiazole rings is 1. The molecule has 0 spiro atoms. The molecule has 22 heavy (non-hydrogen) atoms. The molecule has 0 aliphatic heterocycles. The molecule has 2 rings (SSSR count). The van der Waals surface area contributed by atoms with E-state index in [2.05, 4.69) is 20.7 Å². The Kier molecular flexibility index (Phi) is 5.08. The number of nitrogens with zero attached hydrogens (tertiary/aromatic N) is 2. The lowest BCUT2D eigenvalue weighted by Crippen LogP contribution is -2.44. The maximum absolute atomic E-state index is 12.0. The number of hydrogen-bond donors (Lipinski definition) is 4. The van der Waals surface area contributed by atoms with Gasteiger partial charge in [0.2, 0.25) is 5.96 Å². The van der Waals surface area contributed by atoms with Crippen molar-refractivity contribution >= 4 is 23.2 Å². The number of phenols is 1. The Hall–Kier alpha value is -2.45. The van der Waals surface area contributed by atoms with Crippen LogP contribution in [0.4, 0.5) is 0 Å². The molecule has 1 heterocycles. The van der Waals surface area contributed by atoms with E-state index in [1.165, 1.54) is 18.4 Å². The van der Waals surface area contributed by atoms with Crippen molar-refractivity contribution in [3.05, 3.63) is 45.4 Å². The van der Waals surface area contributed by atoms with E-state index >= 15 is 0 Å². The zero-order valence-corrected chi connectivity index (χ0v) is 13.1. The summed E-state index contributed by atoms with van der Waals surface area (Å²) in [5.41, 5.74) is 4.61. The summed E-state index contributed by atoms with van der Waals surface area (Å²) in [6.07, 6.45) is 0.558. The minimum absolute atomic E-state index is 0.170. The molecule has 1 aromatic carbocycles. The number of hydrogen-bond acceptors (Lipinski definition) is 6. The van der Waals surface area contributed by atoms with Crippen LogP contribution in [0.1, 0.15) is 26.6 Å². The predicted molar refractivity (Wildman–Crippen MR) is 85.9 cm³/mol. The summed E-state index contributed by atoms with van der Waals surface area (Å²) in [7, 11) is 1.51. The Morgan fingerprint density at radius 3 is 2.95 bits per heavy atom. The number of amides is 1. The lowest BCUT2D eigenvalue weighted by Gasteiger charge is -2.05. The first kappa shape index (κ1) is 15.9. The van der Waals surface area contributed by atoms with Crippen LogP contribution in [0, 0.1) is 6.92 Å². The largest absolute Gasteiger partial charge is 0.508 e. The van der Waals surface area contributed by atoms with Crippen molar-refractivity contribution in [2.45, 2.75) is 13.3 Å². The summed E-state index contributed by atoms with van der Waals surface area (Å²) >= 11 is 1.38. The van der Waals surface area contributed by atoms with E-state index in [1.54, 1.807) is 17.5 Å². The first-order valence-corrected chi connectivity index (χ1v) is 7.39. The first-order valence-electron chi connectivity index (χ1n) is 6.51. The molecule has 0 unspecified atom stereocenters. The number of aliphatic imine (C=N–C) groups is 1. The number of aryl methyl sites for hydroxylation is 1. The van der Waals surface area contributed by atoms with Crippen LogP contribution in [-0.2, 0) is 6.42 Å². The highest BCUT2D eigenvalue weighted by molar-refractivity contribution is 7.09. The zero-order valence-electron chi connectivity index (χ0n) is 12.3. The lowest BCUT2D eigenvalue weighted by molar-refractivity contribution is 0.0971. The van der Waals surface area contributed by atoms with Crippen molar-refractivity contribution in [3.63, 3.8) is 0 Å². The van der Waals surface area contributed by atoms with E-state index in [4.69, 9.17) is 5.84 Å². The lowest BCUT2D eigenvalue weighted by atomic mass is 10.1. The van der Waals surface area contributed by atoms with Gasteiger partial charge in [-0.05, 0) is 30.2 Å². The summed E-state index contributed by atoms with van der Waals surface area (Å²) in [4.78, 5) is 20.0. The fourth-order valence-electron chi connectivity index (χ4n) is 1.84. The molecule has 116 valence electrons.